The Morgan fingerprint density at radius 3 is 2.62 bits per heavy atom. The smallest absolute Gasteiger partial charge is 0.251 e. The molecule has 3 heterocycles. The van der Waals surface area contributed by atoms with E-state index in [1.165, 1.54) is 10.5 Å². The number of nitrogens with zero attached hydrogens (tertiary/aromatic N) is 2. The Bertz CT molecular complexity index is 1310. The van der Waals surface area contributed by atoms with Crippen molar-refractivity contribution >= 4 is 40.4 Å². The molecule has 0 saturated carbocycles. The summed E-state index contributed by atoms with van der Waals surface area (Å²) in [7, 11) is 0. The summed E-state index contributed by atoms with van der Waals surface area (Å²) in [6.45, 7) is 6.67. The first-order valence-corrected chi connectivity index (χ1v) is 13.1. The number of amides is 1. The number of rotatable bonds is 5. The molecule has 0 aliphatic carbocycles. The second kappa shape index (κ2) is 11.3. The van der Waals surface area contributed by atoms with Crippen molar-refractivity contribution in [3.63, 3.8) is 0 Å². The van der Waals surface area contributed by atoms with Crippen LogP contribution in [0.15, 0.2) is 93.2 Å². The Hall–Kier alpha value is -3.22. The second-order valence-corrected chi connectivity index (χ2v) is 9.54. The zero-order valence-corrected chi connectivity index (χ0v) is 21.2. The average Bonchev–Trinajstić information content (AvgIpc) is 3.23. The Kier molecular flexibility index (Phi) is 7.93. The topological polar surface area (TPSA) is 54.4 Å². The average molecular weight is 486 g/mol. The minimum absolute atomic E-state index is 0.0903. The molecule has 4 aromatic rings. The fourth-order valence-electron chi connectivity index (χ4n) is 3.64. The Labute approximate surface area is 209 Å². The molecule has 2 aromatic carbocycles. The summed E-state index contributed by atoms with van der Waals surface area (Å²) in [5, 5.41) is 5.11. The van der Waals surface area contributed by atoms with Crippen molar-refractivity contribution in [1.82, 2.24) is 10.3 Å². The van der Waals surface area contributed by atoms with Gasteiger partial charge in [0.05, 0.1) is 16.3 Å². The summed E-state index contributed by atoms with van der Waals surface area (Å²) in [5.41, 5.74) is 5.85. The molecule has 5 rings (SSSR count). The normalized spacial score (nSPS) is 11.8. The number of fused-ring (bicyclic) bond motifs is 2. The van der Waals surface area contributed by atoms with Gasteiger partial charge < -0.3 is 5.32 Å². The monoisotopic (exact) mass is 485 g/mol. The van der Waals surface area contributed by atoms with E-state index < -0.39 is 0 Å². The maximum absolute atomic E-state index is 12.8. The summed E-state index contributed by atoms with van der Waals surface area (Å²) < 4.78 is 0. The van der Waals surface area contributed by atoms with Gasteiger partial charge in [0.15, 0.2) is 0 Å². The van der Waals surface area contributed by atoms with Crippen LogP contribution in [0.2, 0.25) is 0 Å². The fourth-order valence-corrected chi connectivity index (χ4v) is 5.57. The van der Waals surface area contributed by atoms with E-state index in [2.05, 4.69) is 52.9 Å². The number of pyridine rings is 1. The fraction of sp³-hybridized carbons (Fsp3) is 0.179. The van der Waals surface area contributed by atoms with Crippen LogP contribution in [-0.2, 0) is 6.42 Å². The molecule has 1 aliphatic rings. The molecule has 6 heteroatoms. The van der Waals surface area contributed by atoms with Crippen molar-refractivity contribution in [1.29, 1.82) is 0 Å². The van der Waals surface area contributed by atoms with Crippen molar-refractivity contribution < 1.29 is 4.79 Å². The molecule has 0 radical (unpaired) electrons. The van der Waals surface area contributed by atoms with Crippen LogP contribution in [-0.4, -0.2) is 23.1 Å². The number of aromatic nitrogens is 1. The van der Waals surface area contributed by atoms with Gasteiger partial charge in [0, 0.05) is 39.9 Å². The van der Waals surface area contributed by atoms with E-state index in [1.807, 2.05) is 50.4 Å². The predicted octanol–water partition coefficient (Wildman–Crippen LogP) is 7.08. The van der Waals surface area contributed by atoms with E-state index in [9.17, 15) is 4.79 Å². The number of carbonyl (C=O) groups excluding carboxylic acids is 1. The lowest BCUT2D eigenvalue weighted by Crippen LogP contribution is -2.25. The molecular weight excluding hydrogens is 458 g/mol. The number of aryl methyl sites for hydroxylation is 1. The van der Waals surface area contributed by atoms with Crippen LogP contribution in [0.1, 0.15) is 45.8 Å². The van der Waals surface area contributed by atoms with Crippen LogP contribution in [0.5, 0.6) is 0 Å². The highest BCUT2D eigenvalue weighted by atomic mass is 32.2. The van der Waals surface area contributed by atoms with Crippen LogP contribution < -0.4 is 5.32 Å². The van der Waals surface area contributed by atoms with Crippen LogP contribution in [0.4, 0.5) is 5.69 Å². The first-order valence-electron chi connectivity index (χ1n) is 11.4. The van der Waals surface area contributed by atoms with E-state index in [1.54, 1.807) is 29.3 Å². The third-order valence-electron chi connectivity index (χ3n) is 5.31. The molecule has 2 aromatic heterocycles. The first kappa shape index (κ1) is 23.9. The molecule has 1 aliphatic heterocycles. The van der Waals surface area contributed by atoms with Gasteiger partial charge in [-0.15, -0.1) is 11.3 Å². The molecular formula is C28H27N3OS2. The van der Waals surface area contributed by atoms with Crippen molar-refractivity contribution in [2.75, 3.05) is 6.54 Å². The molecule has 172 valence electrons. The van der Waals surface area contributed by atoms with Gasteiger partial charge in [-0.05, 0) is 66.2 Å². The van der Waals surface area contributed by atoms with Crippen molar-refractivity contribution in [2.24, 2.45) is 4.99 Å². The van der Waals surface area contributed by atoms with E-state index in [0.29, 0.717) is 12.1 Å². The number of carbonyl (C=O) groups is 1. The molecule has 0 fully saturated rings. The highest BCUT2D eigenvalue weighted by Crippen LogP contribution is 2.42. The number of benzene rings is 2. The molecule has 0 unspecified atom stereocenters. The molecule has 0 bridgehead atoms. The van der Waals surface area contributed by atoms with Gasteiger partial charge in [-0.3, -0.25) is 9.78 Å². The summed E-state index contributed by atoms with van der Waals surface area (Å²) in [5.74, 6) is -0.0903. The van der Waals surface area contributed by atoms with Crippen molar-refractivity contribution in [3.8, 4) is 0 Å². The lowest BCUT2D eigenvalue weighted by atomic mass is 10.1. The summed E-state index contributed by atoms with van der Waals surface area (Å²) in [6, 6.07) is 20.2. The Balaban J connectivity index is 0.00000133. The molecule has 4 nitrogen and oxygen atoms in total. The summed E-state index contributed by atoms with van der Waals surface area (Å²) in [4.78, 5) is 25.4. The van der Waals surface area contributed by atoms with E-state index in [-0.39, 0.29) is 5.91 Å². The number of thiophene rings is 1. The van der Waals surface area contributed by atoms with Gasteiger partial charge in [0.1, 0.15) is 0 Å². The van der Waals surface area contributed by atoms with E-state index in [4.69, 9.17) is 4.99 Å². The molecule has 34 heavy (non-hydrogen) atoms. The van der Waals surface area contributed by atoms with E-state index >= 15 is 0 Å². The predicted molar refractivity (Wildman–Crippen MR) is 143 cm³/mol. The molecule has 0 atom stereocenters. The van der Waals surface area contributed by atoms with Gasteiger partial charge >= 0.3 is 0 Å². The van der Waals surface area contributed by atoms with Gasteiger partial charge in [-0.2, -0.15) is 0 Å². The number of nitrogens with one attached hydrogen (secondary N) is 1. The quantitative estimate of drug-likeness (QED) is 0.289. The molecule has 1 N–H and O–H groups in total. The first-order chi connectivity index (χ1) is 16.7. The number of hydrogen-bond acceptors (Lipinski definition) is 5. The maximum atomic E-state index is 12.8. The van der Waals surface area contributed by atoms with Crippen molar-refractivity contribution in [3.05, 3.63) is 106 Å². The highest BCUT2D eigenvalue weighted by Gasteiger charge is 2.21. The minimum Gasteiger partial charge on any atom is -0.352 e. The summed E-state index contributed by atoms with van der Waals surface area (Å²) >= 11 is 3.40. The minimum atomic E-state index is -0.0903. The molecule has 0 saturated heterocycles. The summed E-state index contributed by atoms with van der Waals surface area (Å²) in [6.07, 6.45) is 4.32. The Morgan fingerprint density at radius 1 is 1.00 bits per heavy atom. The number of aliphatic imine (C=N–C) groups is 1. The zero-order valence-electron chi connectivity index (χ0n) is 19.5. The van der Waals surface area contributed by atoms with Gasteiger partial charge in [-0.25, -0.2) is 4.99 Å². The third kappa shape index (κ3) is 5.29. The standard InChI is InChI=1S/C26H21N3OS2.C2H6/c1-17-11-14-31-25(17)24-20-6-2-3-7-22(20)32-23-9-8-19(15-21(23)29-24)26(30)28-13-10-18-5-4-12-27-16-18;1-2/h2-9,11-12,14-16H,10,13H2,1H3,(H,28,30);1-2H3. The largest absolute Gasteiger partial charge is 0.352 e. The van der Waals surface area contributed by atoms with Crippen LogP contribution in [0, 0.1) is 6.92 Å². The zero-order chi connectivity index (χ0) is 23.9. The number of hydrogen-bond donors (Lipinski definition) is 1. The molecule has 1 amide bonds. The third-order valence-corrected chi connectivity index (χ3v) is 7.48. The molecule has 0 spiro atoms. The highest BCUT2D eigenvalue weighted by molar-refractivity contribution is 7.99. The van der Waals surface area contributed by atoms with Gasteiger partial charge in [-0.1, -0.05) is 49.9 Å². The van der Waals surface area contributed by atoms with Crippen LogP contribution >= 0.6 is 23.1 Å². The van der Waals surface area contributed by atoms with Gasteiger partial charge in [0.2, 0.25) is 0 Å². The second-order valence-electron chi connectivity index (χ2n) is 7.54. The maximum Gasteiger partial charge on any atom is 0.251 e. The van der Waals surface area contributed by atoms with Crippen LogP contribution in [0.3, 0.4) is 0 Å². The van der Waals surface area contributed by atoms with Crippen LogP contribution in [0.25, 0.3) is 0 Å². The SMILES string of the molecule is CC.Cc1ccsc1C1=Nc2cc(C(=O)NCCc3cccnc3)ccc2Sc2ccccc21. The Morgan fingerprint density at radius 2 is 1.85 bits per heavy atom. The lowest BCUT2D eigenvalue weighted by Gasteiger charge is -2.08. The van der Waals surface area contributed by atoms with Crippen molar-refractivity contribution in [2.45, 2.75) is 37.0 Å². The van der Waals surface area contributed by atoms with E-state index in [0.717, 1.165) is 38.7 Å². The van der Waals surface area contributed by atoms with Gasteiger partial charge in [0.25, 0.3) is 5.91 Å². The lowest BCUT2D eigenvalue weighted by molar-refractivity contribution is 0.0954.